The minimum Gasteiger partial charge on any atom is -0.368 e. The number of nitrogens with zero attached hydrogens (tertiary/aromatic N) is 2. The van der Waals surface area contributed by atoms with Crippen molar-refractivity contribution in [2.45, 2.75) is 38.8 Å². The monoisotopic (exact) mass is 520 g/mol. The predicted molar refractivity (Wildman–Crippen MR) is 127 cm³/mol. The Labute approximate surface area is 198 Å². The lowest BCUT2D eigenvalue weighted by Gasteiger charge is -2.33. The molecule has 1 unspecified atom stereocenters. The Morgan fingerprint density at radius 1 is 1.25 bits per heavy atom. The fraction of sp³-hybridized carbons (Fsp3) is 0.364. The average molecular weight is 521 g/mol. The number of primary amides is 1. The number of carbonyl (C=O) groups excluding carboxylic acids is 4. The third-order valence-corrected chi connectivity index (χ3v) is 7.38. The lowest BCUT2D eigenvalue weighted by molar-refractivity contribution is -0.126. The summed E-state index contributed by atoms with van der Waals surface area (Å²) >= 11 is 4.67. The van der Waals surface area contributed by atoms with Gasteiger partial charge in [-0.25, -0.2) is 0 Å². The van der Waals surface area contributed by atoms with E-state index in [1.165, 1.54) is 23.3 Å². The molecular weight excluding hydrogens is 496 g/mol. The molecule has 2 aromatic rings. The number of hydrogen-bond acceptors (Lipinski definition) is 5. The Balaban J connectivity index is 1.73. The number of hydrogen-bond donors (Lipinski definition) is 2. The first-order chi connectivity index (χ1) is 14.9. The number of amides is 4. The Morgan fingerprint density at radius 2 is 1.94 bits per heavy atom. The van der Waals surface area contributed by atoms with Crippen molar-refractivity contribution >= 4 is 56.6 Å². The van der Waals surface area contributed by atoms with E-state index >= 15 is 0 Å². The molecule has 1 aromatic heterocycles. The van der Waals surface area contributed by atoms with Crippen molar-refractivity contribution in [2.24, 2.45) is 5.73 Å². The van der Waals surface area contributed by atoms with Crippen LogP contribution < -0.4 is 16.0 Å². The maximum atomic E-state index is 12.9. The van der Waals surface area contributed by atoms with Crippen LogP contribution in [-0.2, 0) is 9.59 Å². The standard InChI is InChI=1S/C22H25BrN4O4S/c1-12-9-14(5-6-15(12)20(30)26(4)22(2,3)21(24)31)27-11-13(10-18(27)28)25-19(29)16-7-8-17(23)32-16/h5-9,13H,10-11H2,1-4H3,(H2,24,31)(H,25,29). The summed E-state index contributed by atoms with van der Waals surface area (Å²) in [5.74, 6) is -1.25. The normalized spacial score (nSPS) is 16.2. The molecule has 1 aliphatic heterocycles. The summed E-state index contributed by atoms with van der Waals surface area (Å²) in [6.45, 7) is 5.29. The van der Waals surface area contributed by atoms with Gasteiger partial charge in [-0.2, -0.15) is 0 Å². The number of thiophene rings is 1. The maximum Gasteiger partial charge on any atom is 0.261 e. The van der Waals surface area contributed by atoms with Gasteiger partial charge >= 0.3 is 0 Å². The molecule has 32 heavy (non-hydrogen) atoms. The van der Waals surface area contributed by atoms with Gasteiger partial charge in [-0.1, -0.05) is 0 Å². The van der Waals surface area contributed by atoms with Crippen molar-refractivity contribution in [1.29, 1.82) is 0 Å². The summed E-state index contributed by atoms with van der Waals surface area (Å²) < 4.78 is 0.863. The molecule has 0 saturated carbocycles. The van der Waals surface area contributed by atoms with Crippen LogP contribution in [0.1, 0.15) is 45.9 Å². The van der Waals surface area contributed by atoms with E-state index in [2.05, 4.69) is 21.2 Å². The molecule has 2 heterocycles. The smallest absolute Gasteiger partial charge is 0.261 e. The number of nitrogens with one attached hydrogen (secondary N) is 1. The van der Waals surface area contributed by atoms with Crippen LogP contribution in [0.15, 0.2) is 34.1 Å². The van der Waals surface area contributed by atoms with Crippen molar-refractivity contribution in [2.75, 3.05) is 18.5 Å². The van der Waals surface area contributed by atoms with E-state index in [-0.39, 0.29) is 30.2 Å². The minimum absolute atomic E-state index is 0.104. The highest BCUT2D eigenvalue weighted by Gasteiger charge is 2.35. The van der Waals surface area contributed by atoms with Gasteiger partial charge in [0, 0.05) is 31.3 Å². The van der Waals surface area contributed by atoms with Gasteiger partial charge in [-0.3, -0.25) is 19.2 Å². The molecule has 1 aromatic carbocycles. The second-order valence-corrected chi connectivity index (χ2v) is 10.7. The third kappa shape index (κ3) is 4.71. The second-order valence-electron chi connectivity index (χ2n) is 8.27. The van der Waals surface area contributed by atoms with Crippen LogP contribution in [0.3, 0.4) is 0 Å². The summed E-state index contributed by atoms with van der Waals surface area (Å²) in [4.78, 5) is 53.1. The Morgan fingerprint density at radius 3 is 2.50 bits per heavy atom. The molecular formula is C22H25BrN4O4S. The van der Waals surface area contributed by atoms with Crippen LogP contribution in [0.2, 0.25) is 0 Å². The molecule has 3 rings (SSSR count). The van der Waals surface area contributed by atoms with Crippen LogP contribution in [0, 0.1) is 6.92 Å². The zero-order valence-electron chi connectivity index (χ0n) is 18.3. The van der Waals surface area contributed by atoms with Crippen molar-refractivity contribution in [1.82, 2.24) is 10.2 Å². The topological polar surface area (TPSA) is 113 Å². The van der Waals surface area contributed by atoms with Gasteiger partial charge in [-0.15, -0.1) is 11.3 Å². The van der Waals surface area contributed by atoms with Crippen LogP contribution in [-0.4, -0.2) is 53.7 Å². The van der Waals surface area contributed by atoms with Gasteiger partial charge in [0.05, 0.1) is 14.7 Å². The summed E-state index contributed by atoms with van der Waals surface area (Å²) in [7, 11) is 1.53. The molecule has 1 atom stereocenters. The number of benzene rings is 1. The minimum atomic E-state index is -1.14. The Hall–Kier alpha value is -2.72. The van der Waals surface area contributed by atoms with Crippen molar-refractivity contribution in [3.8, 4) is 0 Å². The molecule has 0 bridgehead atoms. The number of carbonyl (C=O) groups is 4. The number of halogens is 1. The van der Waals surface area contributed by atoms with Gasteiger partial charge < -0.3 is 20.9 Å². The summed E-state index contributed by atoms with van der Waals surface area (Å²) in [5.41, 5.74) is 6.02. The second kappa shape index (κ2) is 9.03. The van der Waals surface area contributed by atoms with E-state index in [0.29, 0.717) is 28.2 Å². The van der Waals surface area contributed by atoms with E-state index in [0.717, 1.165) is 3.79 Å². The van der Waals surface area contributed by atoms with E-state index in [1.54, 1.807) is 56.0 Å². The van der Waals surface area contributed by atoms with E-state index < -0.39 is 11.4 Å². The first-order valence-electron chi connectivity index (χ1n) is 9.97. The van der Waals surface area contributed by atoms with Gasteiger partial charge in [0.1, 0.15) is 5.54 Å². The molecule has 0 radical (unpaired) electrons. The van der Waals surface area contributed by atoms with Gasteiger partial charge in [0.15, 0.2) is 0 Å². The van der Waals surface area contributed by atoms with Gasteiger partial charge in [0.25, 0.3) is 11.8 Å². The van der Waals surface area contributed by atoms with E-state index in [9.17, 15) is 19.2 Å². The highest BCUT2D eigenvalue weighted by molar-refractivity contribution is 9.11. The number of aryl methyl sites for hydroxylation is 1. The van der Waals surface area contributed by atoms with Crippen LogP contribution in [0.5, 0.6) is 0 Å². The van der Waals surface area contributed by atoms with Gasteiger partial charge in [-0.05, 0) is 72.6 Å². The highest BCUT2D eigenvalue weighted by Crippen LogP contribution is 2.27. The van der Waals surface area contributed by atoms with Crippen molar-refractivity contribution < 1.29 is 19.2 Å². The van der Waals surface area contributed by atoms with Gasteiger partial charge in [0.2, 0.25) is 11.8 Å². The van der Waals surface area contributed by atoms with Crippen molar-refractivity contribution in [3.63, 3.8) is 0 Å². The molecule has 1 saturated heterocycles. The van der Waals surface area contributed by atoms with Crippen molar-refractivity contribution in [3.05, 3.63) is 50.1 Å². The largest absolute Gasteiger partial charge is 0.368 e. The molecule has 1 fully saturated rings. The van der Waals surface area contributed by atoms with E-state index in [1.807, 2.05) is 0 Å². The summed E-state index contributed by atoms with van der Waals surface area (Å²) in [6.07, 6.45) is 0.202. The lowest BCUT2D eigenvalue weighted by Crippen LogP contribution is -2.53. The number of anilines is 1. The zero-order valence-corrected chi connectivity index (χ0v) is 20.7. The number of nitrogens with two attached hydrogens (primary N) is 1. The third-order valence-electron chi connectivity index (χ3n) is 5.76. The SMILES string of the molecule is Cc1cc(N2CC(NC(=O)c3ccc(Br)s3)CC2=O)ccc1C(=O)N(C)C(C)(C)C(N)=O. The lowest BCUT2D eigenvalue weighted by atomic mass is 9.99. The average Bonchev–Trinajstić information content (AvgIpc) is 3.32. The number of rotatable bonds is 6. The first kappa shape index (κ1) is 23.9. The molecule has 3 N–H and O–H groups in total. The molecule has 4 amide bonds. The summed E-state index contributed by atoms with van der Waals surface area (Å²) in [5, 5.41) is 2.91. The molecule has 0 spiro atoms. The molecule has 10 heteroatoms. The first-order valence-corrected chi connectivity index (χ1v) is 11.6. The fourth-order valence-corrected chi connectivity index (χ4v) is 4.69. The van der Waals surface area contributed by atoms with Crippen LogP contribution >= 0.6 is 27.3 Å². The zero-order chi connectivity index (χ0) is 23.8. The van der Waals surface area contributed by atoms with E-state index in [4.69, 9.17) is 5.73 Å². The molecule has 170 valence electrons. The predicted octanol–water partition coefficient (Wildman–Crippen LogP) is 2.69. The quantitative estimate of drug-likeness (QED) is 0.609. The maximum absolute atomic E-state index is 12.9. The molecule has 8 nitrogen and oxygen atoms in total. The molecule has 0 aliphatic carbocycles. The van der Waals surface area contributed by atoms with Crippen LogP contribution in [0.25, 0.3) is 0 Å². The van der Waals surface area contributed by atoms with Crippen LogP contribution in [0.4, 0.5) is 5.69 Å². The Bertz CT molecular complexity index is 1100. The number of likely N-dealkylation sites (N-methyl/N-ethyl adjacent to an activating group) is 1. The fourth-order valence-electron chi connectivity index (χ4n) is 3.40. The Kier molecular flexibility index (Phi) is 6.75. The highest BCUT2D eigenvalue weighted by atomic mass is 79.9. The molecule has 1 aliphatic rings. The summed E-state index contributed by atoms with van der Waals surface area (Å²) in [6, 6.07) is 8.33.